The Morgan fingerprint density at radius 1 is 1.00 bits per heavy atom. The van der Waals surface area contributed by atoms with E-state index in [1.54, 1.807) is 12.1 Å². The molecule has 0 unspecified atom stereocenters. The normalized spacial score (nSPS) is 10.0. The summed E-state index contributed by atoms with van der Waals surface area (Å²) >= 11 is 0. The Morgan fingerprint density at radius 3 is 2.09 bits per heavy atom. The van der Waals surface area contributed by atoms with Crippen LogP contribution in [-0.4, -0.2) is 31.0 Å². The van der Waals surface area contributed by atoms with Crippen LogP contribution in [0.2, 0.25) is 0 Å². The number of carboxylic acids is 1. The zero-order valence-electron chi connectivity index (χ0n) is 17.4. The van der Waals surface area contributed by atoms with E-state index in [0.29, 0.717) is 12.0 Å². The predicted molar refractivity (Wildman–Crippen MR) is 116 cm³/mol. The third-order valence-corrected chi connectivity index (χ3v) is 3.96. The summed E-state index contributed by atoms with van der Waals surface area (Å²) in [6.45, 7) is 0.740. The molecule has 0 aliphatic rings. The van der Waals surface area contributed by atoms with Gasteiger partial charge in [-0.05, 0) is 54.9 Å². The van der Waals surface area contributed by atoms with Crippen LogP contribution in [0.5, 0.6) is 5.75 Å². The van der Waals surface area contributed by atoms with Gasteiger partial charge in [-0.15, -0.1) is 0 Å². The maximum atomic E-state index is 12.0. The molecule has 3 N–H and O–H groups in total. The van der Waals surface area contributed by atoms with E-state index < -0.39 is 17.7 Å². The maximum absolute atomic E-state index is 12.0. The maximum Gasteiger partial charge on any atom is 0.416 e. The molecule has 0 bridgehead atoms. The molecule has 0 heterocycles. The lowest BCUT2D eigenvalue weighted by Gasteiger charge is -2.05. The third kappa shape index (κ3) is 9.90. The molecule has 0 radical (unpaired) electrons. The molecule has 0 saturated carbocycles. The summed E-state index contributed by atoms with van der Waals surface area (Å²) in [7, 11) is 1.54. The van der Waals surface area contributed by atoms with Crippen molar-refractivity contribution in [3.05, 3.63) is 101 Å². The van der Waals surface area contributed by atoms with Crippen LogP contribution in [-0.2, 0) is 12.6 Å². The van der Waals surface area contributed by atoms with E-state index in [0.717, 1.165) is 25.1 Å². The highest BCUT2D eigenvalue weighted by molar-refractivity contribution is 5.87. The van der Waals surface area contributed by atoms with Gasteiger partial charge in [0.25, 0.3) is 0 Å². The lowest BCUT2D eigenvalue weighted by Crippen LogP contribution is -2.04. The number of alkyl halides is 3. The summed E-state index contributed by atoms with van der Waals surface area (Å²) < 4.78 is 40.8. The van der Waals surface area contributed by atoms with E-state index in [1.807, 2.05) is 18.2 Å². The molecule has 170 valence electrons. The summed E-state index contributed by atoms with van der Waals surface area (Å²) in [6, 6.07) is 20.7. The standard InChI is InChI=1S/C8H5F3O.C8H11N.C8H8O3/c9-8(10,11)7-3-1-2-6(4-7)5-12;9-7-6-8-4-2-1-3-5-8;1-11-7-4-2-6(3-5-7)8(9)10/h1-5H;1-5H,6-7,9H2;2-5H,1H3,(H,9,10). The van der Waals surface area contributed by atoms with Crippen LogP contribution in [0, 0.1) is 0 Å². The third-order valence-electron chi connectivity index (χ3n) is 3.96. The molecule has 0 fully saturated rings. The van der Waals surface area contributed by atoms with Gasteiger partial charge in [0.2, 0.25) is 0 Å². The molecule has 5 nitrogen and oxygen atoms in total. The molecule has 32 heavy (non-hydrogen) atoms. The molecular formula is C24H24F3NO4. The van der Waals surface area contributed by atoms with E-state index in [2.05, 4.69) is 12.1 Å². The van der Waals surface area contributed by atoms with Crippen molar-refractivity contribution in [1.82, 2.24) is 0 Å². The number of ether oxygens (including phenoxy) is 1. The first-order valence-electron chi connectivity index (χ1n) is 9.45. The van der Waals surface area contributed by atoms with Gasteiger partial charge in [-0.2, -0.15) is 13.2 Å². The lowest BCUT2D eigenvalue weighted by molar-refractivity contribution is -0.137. The van der Waals surface area contributed by atoms with Crippen molar-refractivity contribution in [3.63, 3.8) is 0 Å². The minimum atomic E-state index is -4.38. The minimum Gasteiger partial charge on any atom is -0.497 e. The topological polar surface area (TPSA) is 89.6 Å². The van der Waals surface area contributed by atoms with E-state index in [1.165, 1.54) is 36.9 Å². The second kappa shape index (κ2) is 13.6. The van der Waals surface area contributed by atoms with Gasteiger partial charge in [-0.25, -0.2) is 4.79 Å². The SMILES string of the molecule is COc1ccc(C(=O)O)cc1.NCCc1ccccc1.O=Cc1cccc(C(F)(F)F)c1. The number of rotatable bonds is 5. The van der Waals surface area contributed by atoms with Crippen molar-refractivity contribution in [2.45, 2.75) is 12.6 Å². The van der Waals surface area contributed by atoms with E-state index in [4.69, 9.17) is 15.6 Å². The number of halogens is 3. The predicted octanol–water partition coefficient (Wildman–Crippen LogP) is 5.10. The average Bonchev–Trinajstić information content (AvgIpc) is 2.80. The fourth-order valence-electron chi connectivity index (χ4n) is 2.33. The summed E-state index contributed by atoms with van der Waals surface area (Å²) in [5, 5.41) is 8.51. The van der Waals surface area contributed by atoms with Crippen molar-refractivity contribution in [1.29, 1.82) is 0 Å². The molecule has 0 aliphatic carbocycles. The van der Waals surface area contributed by atoms with Crippen LogP contribution in [0.4, 0.5) is 13.2 Å². The van der Waals surface area contributed by atoms with Gasteiger partial charge in [0, 0.05) is 5.56 Å². The van der Waals surface area contributed by atoms with Crippen molar-refractivity contribution in [2.75, 3.05) is 13.7 Å². The Morgan fingerprint density at radius 2 is 1.62 bits per heavy atom. The summed E-state index contributed by atoms with van der Waals surface area (Å²) in [5.74, 6) is -0.261. The highest BCUT2D eigenvalue weighted by Crippen LogP contribution is 2.29. The van der Waals surface area contributed by atoms with E-state index in [9.17, 15) is 22.8 Å². The number of nitrogens with two attached hydrogens (primary N) is 1. The minimum absolute atomic E-state index is 0.0322. The molecule has 0 aliphatic heterocycles. The number of carbonyl (C=O) groups excluding carboxylic acids is 1. The molecule has 0 spiro atoms. The van der Waals surface area contributed by atoms with Crippen LogP contribution in [0.1, 0.15) is 31.8 Å². The van der Waals surface area contributed by atoms with Crippen LogP contribution in [0.25, 0.3) is 0 Å². The van der Waals surface area contributed by atoms with E-state index >= 15 is 0 Å². The summed E-state index contributed by atoms with van der Waals surface area (Å²) in [4.78, 5) is 20.5. The van der Waals surface area contributed by atoms with Crippen molar-refractivity contribution in [3.8, 4) is 5.75 Å². The largest absolute Gasteiger partial charge is 0.497 e. The molecule has 0 amide bonds. The summed E-state index contributed by atoms with van der Waals surface area (Å²) in [5.41, 5.74) is 6.18. The number of methoxy groups -OCH3 is 1. The second-order valence-corrected chi connectivity index (χ2v) is 6.30. The number of benzene rings is 3. The molecule has 3 rings (SSSR count). The molecule has 3 aromatic rings. The van der Waals surface area contributed by atoms with Gasteiger partial charge >= 0.3 is 12.1 Å². The summed E-state index contributed by atoms with van der Waals surface area (Å²) in [6.07, 6.45) is -3.00. The number of carboxylic acid groups (broad SMARTS) is 1. The number of aldehydes is 1. The molecule has 0 saturated heterocycles. The molecule has 8 heteroatoms. The smallest absolute Gasteiger partial charge is 0.416 e. The number of carbonyl (C=O) groups is 2. The number of hydrogen-bond donors (Lipinski definition) is 2. The van der Waals surface area contributed by atoms with Gasteiger partial charge in [0.15, 0.2) is 0 Å². The van der Waals surface area contributed by atoms with Crippen LogP contribution < -0.4 is 10.5 Å². The Balaban J connectivity index is 0.000000242. The van der Waals surface area contributed by atoms with Gasteiger partial charge < -0.3 is 15.6 Å². The fraction of sp³-hybridized carbons (Fsp3) is 0.167. The van der Waals surface area contributed by atoms with Crippen molar-refractivity contribution >= 4 is 12.3 Å². The van der Waals surface area contributed by atoms with Crippen molar-refractivity contribution in [2.24, 2.45) is 5.73 Å². The zero-order chi connectivity index (χ0) is 24.0. The highest BCUT2D eigenvalue weighted by Gasteiger charge is 2.30. The first-order valence-corrected chi connectivity index (χ1v) is 9.45. The Kier molecular flexibility index (Phi) is 11.2. The number of aromatic carboxylic acids is 1. The van der Waals surface area contributed by atoms with E-state index in [-0.39, 0.29) is 11.1 Å². The molecular weight excluding hydrogens is 423 g/mol. The quantitative estimate of drug-likeness (QED) is 0.531. The van der Waals surface area contributed by atoms with Crippen LogP contribution in [0.15, 0.2) is 78.9 Å². The van der Waals surface area contributed by atoms with Crippen LogP contribution >= 0.6 is 0 Å². The zero-order valence-corrected chi connectivity index (χ0v) is 17.4. The fourth-order valence-corrected chi connectivity index (χ4v) is 2.33. The highest BCUT2D eigenvalue weighted by atomic mass is 19.4. The van der Waals surface area contributed by atoms with Gasteiger partial charge in [-0.1, -0.05) is 42.5 Å². The Hall–Kier alpha value is -3.65. The monoisotopic (exact) mass is 447 g/mol. The lowest BCUT2D eigenvalue weighted by atomic mass is 10.1. The second-order valence-electron chi connectivity index (χ2n) is 6.30. The Labute approximate surface area is 184 Å². The Bertz CT molecular complexity index is 959. The molecule has 0 atom stereocenters. The van der Waals surface area contributed by atoms with Crippen LogP contribution in [0.3, 0.4) is 0 Å². The van der Waals surface area contributed by atoms with Crippen molar-refractivity contribution < 1.29 is 32.6 Å². The van der Waals surface area contributed by atoms with Gasteiger partial charge in [-0.3, -0.25) is 4.79 Å². The number of hydrogen-bond acceptors (Lipinski definition) is 4. The van der Waals surface area contributed by atoms with Gasteiger partial charge in [0.05, 0.1) is 18.2 Å². The average molecular weight is 447 g/mol. The molecule has 3 aromatic carbocycles. The first kappa shape index (κ1) is 26.4. The first-order chi connectivity index (χ1) is 15.2. The van der Waals surface area contributed by atoms with Gasteiger partial charge in [0.1, 0.15) is 12.0 Å². The molecule has 0 aromatic heterocycles.